The predicted octanol–water partition coefficient (Wildman–Crippen LogP) is 3.99. The Kier molecular flexibility index (Phi) is 4.22. The third-order valence-corrected chi connectivity index (χ3v) is 4.87. The third kappa shape index (κ3) is 3.62. The highest BCUT2D eigenvalue weighted by atomic mass is 32.2. The van der Waals surface area contributed by atoms with E-state index in [1.165, 1.54) is 29.5 Å². The van der Waals surface area contributed by atoms with Crippen LogP contribution in [0.4, 0.5) is 10.1 Å². The van der Waals surface area contributed by atoms with Crippen LogP contribution >= 0.6 is 11.8 Å². The van der Waals surface area contributed by atoms with Crippen molar-refractivity contribution in [3.8, 4) is 0 Å². The maximum absolute atomic E-state index is 12.9. The molecule has 1 amide bonds. The molecule has 0 aliphatic carbocycles. The first kappa shape index (κ1) is 15.7. The Morgan fingerprint density at radius 3 is 2.65 bits per heavy atom. The molecule has 1 aliphatic rings. The predicted molar refractivity (Wildman–Crippen MR) is 92.5 cm³/mol. The molecular weight excluding hydrogens is 311 g/mol. The molecule has 23 heavy (non-hydrogen) atoms. The highest BCUT2D eigenvalue weighted by molar-refractivity contribution is 8.16. The van der Waals surface area contributed by atoms with Gasteiger partial charge in [-0.15, -0.1) is 0 Å². The van der Waals surface area contributed by atoms with Crippen molar-refractivity contribution in [3.63, 3.8) is 0 Å². The molecule has 0 aromatic heterocycles. The first-order valence-electron chi connectivity index (χ1n) is 7.35. The van der Waals surface area contributed by atoms with Crippen LogP contribution in [0.3, 0.4) is 0 Å². The fourth-order valence-electron chi connectivity index (χ4n) is 2.53. The van der Waals surface area contributed by atoms with Crippen molar-refractivity contribution in [1.29, 1.82) is 0 Å². The van der Waals surface area contributed by atoms with E-state index < -0.39 is 4.75 Å². The van der Waals surface area contributed by atoms with Gasteiger partial charge in [-0.25, -0.2) is 9.38 Å². The zero-order chi connectivity index (χ0) is 16.4. The number of halogens is 1. The number of nitrogens with one attached hydrogen (secondary N) is 1. The average Bonchev–Trinajstić information content (AvgIpc) is 2.75. The summed E-state index contributed by atoms with van der Waals surface area (Å²) in [6, 6.07) is 14.0. The lowest BCUT2D eigenvalue weighted by Gasteiger charge is -2.18. The molecule has 118 valence electrons. The molecule has 1 atom stereocenters. The fraction of sp³-hybridized carbons (Fsp3) is 0.222. The van der Waals surface area contributed by atoms with E-state index in [9.17, 15) is 9.18 Å². The summed E-state index contributed by atoms with van der Waals surface area (Å²) in [7, 11) is 0. The lowest BCUT2D eigenvalue weighted by Crippen LogP contribution is -2.35. The number of nitrogens with zero attached hydrogens (tertiary/aromatic N) is 1. The van der Waals surface area contributed by atoms with Crippen LogP contribution in [0.2, 0.25) is 0 Å². The van der Waals surface area contributed by atoms with Gasteiger partial charge in [-0.1, -0.05) is 41.6 Å². The molecule has 1 saturated heterocycles. The van der Waals surface area contributed by atoms with Gasteiger partial charge in [0.05, 0.1) is 5.69 Å². The molecule has 1 N–H and O–H groups in total. The lowest BCUT2D eigenvalue weighted by atomic mass is 9.98. The number of aliphatic imine (C=N–C) groups is 1. The maximum Gasteiger partial charge on any atom is 0.242 e. The van der Waals surface area contributed by atoms with Gasteiger partial charge in [-0.05, 0) is 50.1 Å². The van der Waals surface area contributed by atoms with Crippen molar-refractivity contribution in [1.82, 2.24) is 5.32 Å². The van der Waals surface area contributed by atoms with Gasteiger partial charge < -0.3 is 5.32 Å². The average molecular weight is 328 g/mol. The molecule has 1 unspecified atom stereocenters. The van der Waals surface area contributed by atoms with Gasteiger partial charge >= 0.3 is 0 Å². The number of thioether (sulfide) groups is 1. The monoisotopic (exact) mass is 328 g/mol. The molecule has 2 aromatic carbocycles. The van der Waals surface area contributed by atoms with Gasteiger partial charge in [-0.2, -0.15) is 0 Å². The van der Waals surface area contributed by atoms with Crippen LogP contribution in [0.25, 0.3) is 0 Å². The van der Waals surface area contributed by atoms with Crippen molar-refractivity contribution in [3.05, 3.63) is 65.5 Å². The molecule has 2 aromatic rings. The summed E-state index contributed by atoms with van der Waals surface area (Å²) in [6.07, 6.45) is 0.633. The minimum atomic E-state index is -0.591. The number of amidine groups is 1. The molecule has 0 spiro atoms. The minimum Gasteiger partial charge on any atom is -0.304 e. The van der Waals surface area contributed by atoms with E-state index in [4.69, 9.17) is 0 Å². The van der Waals surface area contributed by atoms with E-state index in [2.05, 4.69) is 16.4 Å². The Morgan fingerprint density at radius 1 is 1.22 bits per heavy atom. The molecule has 0 bridgehead atoms. The summed E-state index contributed by atoms with van der Waals surface area (Å²) in [6.45, 7) is 3.96. The topological polar surface area (TPSA) is 41.5 Å². The van der Waals surface area contributed by atoms with Crippen molar-refractivity contribution in [2.45, 2.75) is 25.0 Å². The Balaban J connectivity index is 1.79. The second-order valence-electron chi connectivity index (χ2n) is 5.85. The van der Waals surface area contributed by atoms with E-state index in [0.29, 0.717) is 17.3 Å². The van der Waals surface area contributed by atoms with Crippen molar-refractivity contribution < 1.29 is 9.18 Å². The second kappa shape index (κ2) is 6.16. The van der Waals surface area contributed by atoms with Crippen molar-refractivity contribution >= 4 is 28.5 Å². The highest BCUT2D eigenvalue weighted by Gasteiger charge is 2.42. The third-order valence-electron chi connectivity index (χ3n) is 3.70. The van der Waals surface area contributed by atoms with Gasteiger partial charge in [0, 0.05) is 0 Å². The van der Waals surface area contributed by atoms with Crippen LogP contribution in [0.15, 0.2) is 53.5 Å². The Labute approximate surface area is 139 Å². The normalized spacial score (nSPS) is 22.4. The molecule has 0 radical (unpaired) electrons. The van der Waals surface area contributed by atoms with Gasteiger partial charge in [0.15, 0.2) is 5.17 Å². The highest BCUT2D eigenvalue weighted by Crippen LogP contribution is 2.36. The van der Waals surface area contributed by atoms with E-state index in [-0.39, 0.29) is 11.7 Å². The van der Waals surface area contributed by atoms with E-state index in [1.807, 2.05) is 32.0 Å². The van der Waals surface area contributed by atoms with Crippen LogP contribution in [-0.2, 0) is 11.2 Å². The smallest absolute Gasteiger partial charge is 0.242 e. The van der Waals surface area contributed by atoms with Crippen molar-refractivity contribution in [2.24, 2.45) is 4.99 Å². The second-order valence-corrected chi connectivity index (χ2v) is 7.34. The largest absolute Gasteiger partial charge is 0.304 e. The summed E-state index contributed by atoms with van der Waals surface area (Å²) in [4.78, 5) is 16.8. The van der Waals surface area contributed by atoms with Gasteiger partial charge in [-0.3, -0.25) is 4.79 Å². The lowest BCUT2D eigenvalue weighted by molar-refractivity contribution is -0.121. The minimum absolute atomic E-state index is 0.0510. The number of rotatable bonds is 3. The quantitative estimate of drug-likeness (QED) is 0.926. The first-order valence-corrected chi connectivity index (χ1v) is 8.16. The van der Waals surface area contributed by atoms with E-state index in [1.54, 1.807) is 12.1 Å². The number of carbonyl (C=O) groups is 1. The van der Waals surface area contributed by atoms with Gasteiger partial charge in [0.25, 0.3) is 0 Å². The number of carbonyl (C=O) groups excluding carboxylic acids is 1. The molecule has 3 nitrogen and oxygen atoms in total. The summed E-state index contributed by atoms with van der Waals surface area (Å²) in [5, 5.41) is 3.38. The van der Waals surface area contributed by atoms with Crippen LogP contribution in [0.5, 0.6) is 0 Å². The zero-order valence-electron chi connectivity index (χ0n) is 13.0. The molecule has 1 heterocycles. The van der Waals surface area contributed by atoms with Gasteiger partial charge in [0.2, 0.25) is 5.91 Å². The van der Waals surface area contributed by atoms with Crippen LogP contribution in [-0.4, -0.2) is 15.8 Å². The zero-order valence-corrected chi connectivity index (χ0v) is 13.8. The number of hydrogen-bond donors (Lipinski definition) is 1. The van der Waals surface area contributed by atoms with Crippen LogP contribution in [0.1, 0.15) is 18.1 Å². The number of benzene rings is 2. The Bertz CT molecular complexity index is 773. The van der Waals surface area contributed by atoms with E-state index >= 15 is 0 Å². The first-order chi connectivity index (χ1) is 10.9. The fourth-order valence-corrected chi connectivity index (χ4v) is 3.63. The maximum atomic E-state index is 12.9. The molecule has 0 saturated carbocycles. The summed E-state index contributed by atoms with van der Waals surface area (Å²) in [5.41, 5.74) is 2.92. The summed E-state index contributed by atoms with van der Waals surface area (Å²) < 4.78 is 12.3. The number of hydrogen-bond acceptors (Lipinski definition) is 3. The Hall–Kier alpha value is -2.14. The number of amides is 1. The summed E-state index contributed by atoms with van der Waals surface area (Å²) >= 11 is 1.42. The number of aryl methyl sites for hydroxylation is 1. The van der Waals surface area contributed by atoms with Crippen LogP contribution < -0.4 is 5.32 Å². The van der Waals surface area contributed by atoms with Crippen molar-refractivity contribution in [2.75, 3.05) is 0 Å². The van der Waals surface area contributed by atoms with E-state index in [0.717, 1.165) is 5.56 Å². The van der Waals surface area contributed by atoms with Crippen LogP contribution in [0, 0.1) is 12.7 Å². The molecule has 1 aliphatic heterocycles. The summed E-state index contributed by atoms with van der Waals surface area (Å²) in [5.74, 6) is -0.355. The molecule has 5 heteroatoms. The standard InChI is InChI=1S/C18H17FN2OS/c1-12-4-3-5-13(10-12)11-18(2)16(22)21-17(23-18)20-15-8-6-14(19)7-9-15/h3-10H,11H2,1-2H3,(H,20,21,22). The molecule has 3 rings (SSSR count). The molecular formula is C18H17FN2OS. The molecule has 1 fully saturated rings. The van der Waals surface area contributed by atoms with Gasteiger partial charge in [0.1, 0.15) is 10.6 Å². The Morgan fingerprint density at radius 2 is 1.96 bits per heavy atom. The SMILES string of the molecule is Cc1cccc(CC2(C)SC(=Nc3ccc(F)cc3)NC2=O)c1.